The summed E-state index contributed by atoms with van der Waals surface area (Å²) < 4.78 is 27.6. The van der Waals surface area contributed by atoms with E-state index in [0.29, 0.717) is 4.88 Å². The van der Waals surface area contributed by atoms with Gasteiger partial charge in [0.2, 0.25) is 10.0 Å². The van der Waals surface area contributed by atoms with E-state index in [2.05, 4.69) is 9.62 Å². The molecule has 1 fully saturated rings. The molecule has 7 heteroatoms. The van der Waals surface area contributed by atoms with Gasteiger partial charge in [0.1, 0.15) is 4.21 Å². The molecule has 0 saturated carbocycles. The smallest absolute Gasteiger partial charge is 0.250 e. The zero-order valence-corrected chi connectivity index (χ0v) is 13.6. The molecule has 1 saturated heterocycles. The van der Waals surface area contributed by atoms with Crippen LogP contribution in [0.4, 0.5) is 0 Å². The molecule has 2 heterocycles. The van der Waals surface area contributed by atoms with Gasteiger partial charge in [0.15, 0.2) is 0 Å². The summed E-state index contributed by atoms with van der Waals surface area (Å²) in [4.78, 5) is 2.99. The maximum absolute atomic E-state index is 12.3. The van der Waals surface area contributed by atoms with Crippen LogP contribution in [-0.4, -0.2) is 44.1 Å². The van der Waals surface area contributed by atoms with Crippen LogP contribution in [0.5, 0.6) is 0 Å². The first-order chi connectivity index (χ1) is 9.42. The Labute approximate surface area is 124 Å². The standard InChI is InChI=1S/C13H22N2O3S2/c1-10-7-13(19-12(10)9-16)20(17,18)14-11(2)8-15-5-3-4-6-15/h7,11,14,16H,3-6,8-9H2,1-2H3. The van der Waals surface area contributed by atoms with Crippen molar-refractivity contribution in [3.8, 4) is 0 Å². The van der Waals surface area contributed by atoms with E-state index in [1.165, 1.54) is 12.8 Å². The molecule has 0 spiro atoms. The minimum absolute atomic E-state index is 0.113. The highest BCUT2D eigenvalue weighted by Gasteiger charge is 2.23. The molecular formula is C13H22N2O3S2. The van der Waals surface area contributed by atoms with Crippen LogP contribution in [0.15, 0.2) is 10.3 Å². The molecule has 0 aliphatic carbocycles. The summed E-state index contributed by atoms with van der Waals surface area (Å²) in [5, 5.41) is 9.16. The first kappa shape index (κ1) is 15.9. The molecule has 1 aliphatic heterocycles. The molecule has 2 N–H and O–H groups in total. The lowest BCUT2D eigenvalue weighted by molar-refractivity contribution is 0.285. The number of aliphatic hydroxyl groups excluding tert-OH is 1. The third kappa shape index (κ3) is 3.79. The van der Waals surface area contributed by atoms with E-state index in [-0.39, 0.29) is 16.9 Å². The van der Waals surface area contributed by atoms with Crippen molar-refractivity contribution in [2.75, 3.05) is 19.6 Å². The van der Waals surface area contributed by atoms with Crippen molar-refractivity contribution in [3.63, 3.8) is 0 Å². The molecule has 1 atom stereocenters. The minimum atomic E-state index is -3.48. The van der Waals surface area contributed by atoms with Crippen LogP contribution in [0, 0.1) is 6.92 Å². The van der Waals surface area contributed by atoms with Crippen LogP contribution < -0.4 is 4.72 Å². The monoisotopic (exact) mass is 318 g/mol. The highest BCUT2D eigenvalue weighted by molar-refractivity contribution is 7.91. The van der Waals surface area contributed by atoms with Crippen LogP contribution in [0.3, 0.4) is 0 Å². The minimum Gasteiger partial charge on any atom is -0.391 e. The summed E-state index contributed by atoms with van der Waals surface area (Å²) in [5.41, 5.74) is 0.824. The number of aliphatic hydroxyl groups is 1. The van der Waals surface area contributed by atoms with Crippen molar-refractivity contribution in [1.29, 1.82) is 0 Å². The third-order valence-corrected chi connectivity index (χ3v) is 6.78. The molecule has 20 heavy (non-hydrogen) atoms. The first-order valence-corrected chi connectivity index (χ1v) is 9.17. The van der Waals surface area contributed by atoms with Gasteiger partial charge in [-0.2, -0.15) is 0 Å². The van der Waals surface area contributed by atoms with Gasteiger partial charge in [-0.1, -0.05) is 0 Å². The molecule has 0 amide bonds. The second-order valence-corrected chi connectivity index (χ2v) is 8.44. The third-order valence-electron chi connectivity index (χ3n) is 3.49. The van der Waals surface area contributed by atoms with E-state index in [1.54, 1.807) is 6.07 Å². The zero-order valence-electron chi connectivity index (χ0n) is 11.9. The molecular weight excluding hydrogens is 296 g/mol. The topological polar surface area (TPSA) is 69.6 Å². The average Bonchev–Trinajstić information content (AvgIpc) is 2.97. The fraction of sp³-hybridized carbons (Fsp3) is 0.692. The Morgan fingerprint density at radius 1 is 1.45 bits per heavy atom. The van der Waals surface area contributed by atoms with Crippen molar-refractivity contribution in [2.24, 2.45) is 0 Å². The summed E-state index contributed by atoms with van der Waals surface area (Å²) in [7, 11) is -3.48. The molecule has 5 nitrogen and oxygen atoms in total. The summed E-state index contributed by atoms with van der Waals surface area (Å²) >= 11 is 1.14. The van der Waals surface area contributed by atoms with Gasteiger partial charge in [-0.05, 0) is 51.4 Å². The number of thiophene rings is 1. The van der Waals surface area contributed by atoms with Gasteiger partial charge in [0.25, 0.3) is 0 Å². The normalized spacial score (nSPS) is 18.6. The highest BCUT2D eigenvalue weighted by Crippen LogP contribution is 2.26. The van der Waals surface area contributed by atoms with Crippen LogP contribution in [0.1, 0.15) is 30.2 Å². The van der Waals surface area contributed by atoms with E-state index >= 15 is 0 Å². The van der Waals surface area contributed by atoms with Crippen LogP contribution in [-0.2, 0) is 16.6 Å². The summed E-state index contributed by atoms with van der Waals surface area (Å²) in [6.07, 6.45) is 2.40. The van der Waals surface area contributed by atoms with Crippen LogP contribution in [0.25, 0.3) is 0 Å². The van der Waals surface area contributed by atoms with Gasteiger partial charge >= 0.3 is 0 Å². The Morgan fingerprint density at radius 2 is 2.10 bits per heavy atom. The lowest BCUT2D eigenvalue weighted by Gasteiger charge is -2.20. The molecule has 1 aromatic heterocycles. The largest absolute Gasteiger partial charge is 0.391 e. The number of hydrogen-bond donors (Lipinski definition) is 2. The van der Waals surface area contributed by atoms with Crippen molar-refractivity contribution in [1.82, 2.24) is 9.62 Å². The quantitative estimate of drug-likeness (QED) is 0.830. The van der Waals surface area contributed by atoms with Gasteiger partial charge < -0.3 is 10.0 Å². The molecule has 1 unspecified atom stereocenters. The molecule has 114 valence electrons. The van der Waals surface area contributed by atoms with Gasteiger partial charge in [0, 0.05) is 17.5 Å². The zero-order chi connectivity index (χ0) is 14.8. The molecule has 1 aromatic rings. The second-order valence-electron chi connectivity index (χ2n) is 5.36. The van der Waals surface area contributed by atoms with E-state index in [1.807, 2.05) is 13.8 Å². The molecule has 2 rings (SSSR count). The maximum Gasteiger partial charge on any atom is 0.250 e. The predicted molar refractivity (Wildman–Crippen MR) is 80.4 cm³/mol. The number of nitrogens with zero attached hydrogens (tertiary/aromatic N) is 1. The molecule has 0 bridgehead atoms. The van der Waals surface area contributed by atoms with Crippen LogP contribution >= 0.6 is 11.3 Å². The van der Waals surface area contributed by atoms with Crippen molar-refractivity contribution in [3.05, 3.63) is 16.5 Å². The molecule has 1 aliphatic rings. The second kappa shape index (κ2) is 6.53. The summed E-state index contributed by atoms with van der Waals surface area (Å²) in [6, 6.07) is 1.51. The van der Waals surface area contributed by atoms with Gasteiger partial charge in [-0.15, -0.1) is 11.3 Å². The number of likely N-dealkylation sites (tertiary alicyclic amines) is 1. The van der Waals surface area contributed by atoms with Gasteiger partial charge in [-0.25, -0.2) is 13.1 Å². The van der Waals surface area contributed by atoms with E-state index in [9.17, 15) is 8.42 Å². The number of hydrogen-bond acceptors (Lipinski definition) is 5. The summed E-state index contributed by atoms with van der Waals surface area (Å²) in [6.45, 7) is 6.45. The maximum atomic E-state index is 12.3. The Hall–Kier alpha value is -0.470. The number of aryl methyl sites for hydroxylation is 1. The Morgan fingerprint density at radius 3 is 2.65 bits per heavy atom. The number of sulfonamides is 1. The van der Waals surface area contributed by atoms with E-state index < -0.39 is 10.0 Å². The average molecular weight is 318 g/mol. The van der Waals surface area contributed by atoms with E-state index in [4.69, 9.17) is 5.11 Å². The Balaban J connectivity index is 2.01. The molecule has 0 aromatic carbocycles. The Kier molecular flexibility index (Phi) is 5.19. The first-order valence-electron chi connectivity index (χ1n) is 6.87. The predicted octanol–water partition coefficient (Wildman–Crippen LogP) is 1.31. The SMILES string of the molecule is Cc1cc(S(=O)(=O)NC(C)CN2CCCC2)sc1CO. The van der Waals surface area contributed by atoms with Crippen molar-refractivity contribution < 1.29 is 13.5 Å². The van der Waals surface area contributed by atoms with Crippen LogP contribution in [0.2, 0.25) is 0 Å². The lowest BCUT2D eigenvalue weighted by Crippen LogP contribution is -2.40. The summed E-state index contributed by atoms with van der Waals surface area (Å²) in [5.74, 6) is 0. The van der Waals surface area contributed by atoms with E-state index in [0.717, 1.165) is 36.5 Å². The fourth-order valence-corrected chi connectivity index (χ4v) is 5.19. The fourth-order valence-electron chi connectivity index (χ4n) is 2.49. The van der Waals surface area contributed by atoms with Gasteiger partial charge in [-0.3, -0.25) is 0 Å². The van der Waals surface area contributed by atoms with Crippen molar-refractivity contribution in [2.45, 2.75) is 43.5 Å². The number of rotatable bonds is 6. The number of nitrogens with one attached hydrogen (secondary N) is 1. The lowest BCUT2D eigenvalue weighted by atomic mass is 10.3. The van der Waals surface area contributed by atoms with Gasteiger partial charge in [0.05, 0.1) is 6.61 Å². The Bertz CT molecular complexity index is 548. The highest BCUT2D eigenvalue weighted by atomic mass is 32.2. The van der Waals surface area contributed by atoms with Crippen molar-refractivity contribution >= 4 is 21.4 Å². The molecule has 0 radical (unpaired) electrons.